The Kier molecular flexibility index (Phi) is 5.76. The smallest absolute Gasteiger partial charge is 0.224 e. The molecule has 0 radical (unpaired) electrons. The monoisotopic (exact) mass is 586 g/mol. The van der Waals surface area contributed by atoms with E-state index in [2.05, 4.69) is 0 Å². The van der Waals surface area contributed by atoms with Gasteiger partial charge in [0.25, 0.3) is 11.7 Å². The number of hydrogen-bond donors (Lipinski definition) is 0. The zero-order valence-electron chi connectivity index (χ0n) is 15.3. The first-order valence-corrected chi connectivity index (χ1v) is 7.91. The molecule has 0 spiro atoms. The minimum atomic E-state index is -8.68. The molecule has 0 aromatic heterocycles. The van der Waals surface area contributed by atoms with E-state index in [9.17, 15) is 96.6 Å². The summed E-state index contributed by atoms with van der Waals surface area (Å²) < 4.78 is 301. The zero-order valence-corrected chi connectivity index (χ0v) is 15.3. The van der Waals surface area contributed by atoms with Crippen LogP contribution >= 0.6 is 0 Å². The molecule has 36 heavy (non-hydrogen) atoms. The standard InChI is InChI=1S/C14F22/c15-3-1(2(4(16)17)6(19,20)10(27,28)11(29,30)7(3,21)22)5(18)8(23,24)12(31,32)14(35,36)13(33,34)9(5,25)26. The number of hydrogen-bond acceptors (Lipinski definition) is 0. The van der Waals surface area contributed by atoms with E-state index in [1.54, 1.807) is 0 Å². The van der Waals surface area contributed by atoms with Gasteiger partial charge in [0.05, 0.1) is 5.57 Å². The third-order valence-corrected chi connectivity index (χ3v) is 5.22. The van der Waals surface area contributed by atoms with Gasteiger partial charge in [-0.1, -0.05) is 0 Å². The minimum absolute atomic E-state index is 5.23. The van der Waals surface area contributed by atoms with Crippen molar-refractivity contribution in [1.82, 2.24) is 0 Å². The highest BCUT2D eigenvalue weighted by molar-refractivity contribution is 5.56. The number of alkyl halides is 19. The Morgan fingerprint density at radius 2 is 0.667 bits per heavy atom. The molecule has 0 amide bonds. The summed E-state index contributed by atoms with van der Waals surface area (Å²) in [5, 5.41) is 0. The molecule has 0 bridgehead atoms. The Morgan fingerprint density at radius 1 is 0.389 bits per heavy atom. The summed E-state index contributed by atoms with van der Waals surface area (Å²) in [7, 11) is 0. The molecule has 1 saturated carbocycles. The van der Waals surface area contributed by atoms with Gasteiger partial charge in [-0.3, -0.25) is 0 Å². The van der Waals surface area contributed by atoms with Gasteiger partial charge in [-0.15, -0.1) is 0 Å². The fourth-order valence-corrected chi connectivity index (χ4v) is 3.18. The average Bonchev–Trinajstić information content (AvgIpc) is 2.69. The summed E-state index contributed by atoms with van der Waals surface area (Å²) in [6, 6.07) is 0. The average molecular weight is 586 g/mol. The zero-order chi connectivity index (χ0) is 29.3. The summed E-state index contributed by atoms with van der Waals surface area (Å²) in [5.41, 5.74) is -19.7. The fourth-order valence-electron chi connectivity index (χ4n) is 3.18. The Labute approximate surface area is 180 Å². The maximum absolute atomic E-state index is 15.0. The predicted molar refractivity (Wildman–Crippen MR) is 65.7 cm³/mol. The van der Waals surface area contributed by atoms with Gasteiger partial charge in [0.15, 0.2) is 5.83 Å². The summed E-state index contributed by atoms with van der Waals surface area (Å²) in [4.78, 5) is 0. The van der Waals surface area contributed by atoms with E-state index < -0.39 is 82.0 Å². The molecule has 0 heterocycles. The maximum atomic E-state index is 15.0. The molecule has 0 saturated heterocycles. The Hall–Kier alpha value is -2.06. The fraction of sp³-hybridized carbons (Fsp3) is 0.714. The van der Waals surface area contributed by atoms with Gasteiger partial charge >= 0.3 is 53.3 Å². The van der Waals surface area contributed by atoms with Gasteiger partial charge in [-0.25, -0.2) is 8.78 Å². The molecule has 0 N–H and O–H groups in total. The van der Waals surface area contributed by atoms with Crippen molar-refractivity contribution in [3.05, 3.63) is 23.1 Å². The van der Waals surface area contributed by atoms with Crippen molar-refractivity contribution < 1.29 is 96.6 Å². The molecule has 0 unspecified atom stereocenters. The van der Waals surface area contributed by atoms with Crippen molar-refractivity contribution in [2.75, 3.05) is 0 Å². The van der Waals surface area contributed by atoms with Crippen LogP contribution in [0.1, 0.15) is 0 Å². The summed E-state index contributed by atoms with van der Waals surface area (Å²) in [6.45, 7) is 0. The molecule has 0 atom stereocenters. The van der Waals surface area contributed by atoms with Crippen LogP contribution in [0.25, 0.3) is 0 Å². The van der Waals surface area contributed by atoms with Gasteiger partial charge in [0.2, 0.25) is 0 Å². The molecule has 0 nitrogen and oxygen atoms in total. The van der Waals surface area contributed by atoms with Crippen LogP contribution in [0.5, 0.6) is 0 Å². The molecular formula is C14F22. The normalized spacial score (nSPS) is 32.0. The van der Waals surface area contributed by atoms with E-state index in [-0.39, 0.29) is 0 Å². The number of allylic oxidation sites excluding steroid dienone is 3. The summed E-state index contributed by atoms with van der Waals surface area (Å²) in [6.07, 6.45) is -5.23. The largest absolute Gasteiger partial charge is 0.385 e. The van der Waals surface area contributed by atoms with Crippen molar-refractivity contribution in [3.63, 3.8) is 0 Å². The van der Waals surface area contributed by atoms with Crippen molar-refractivity contribution >= 4 is 0 Å². The van der Waals surface area contributed by atoms with Gasteiger partial charge in [-0.05, 0) is 0 Å². The predicted octanol–water partition coefficient (Wildman–Crippen LogP) is 7.81. The lowest BCUT2D eigenvalue weighted by molar-refractivity contribution is -0.478. The van der Waals surface area contributed by atoms with Gasteiger partial charge in [0.1, 0.15) is 5.57 Å². The van der Waals surface area contributed by atoms with E-state index in [4.69, 9.17) is 0 Å². The van der Waals surface area contributed by atoms with E-state index in [1.165, 1.54) is 0 Å². The van der Waals surface area contributed by atoms with E-state index in [0.717, 1.165) is 0 Å². The Morgan fingerprint density at radius 3 is 0.972 bits per heavy atom. The van der Waals surface area contributed by atoms with Crippen molar-refractivity contribution in [2.45, 2.75) is 59.0 Å². The van der Waals surface area contributed by atoms with Gasteiger partial charge in [-0.2, -0.15) is 87.8 Å². The molecule has 2 rings (SSSR count). The van der Waals surface area contributed by atoms with Gasteiger partial charge < -0.3 is 0 Å². The van der Waals surface area contributed by atoms with Crippen LogP contribution in [-0.2, 0) is 0 Å². The first-order chi connectivity index (χ1) is 15.3. The van der Waals surface area contributed by atoms with Crippen molar-refractivity contribution in [2.24, 2.45) is 0 Å². The van der Waals surface area contributed by atoms with Crippen LogP contribution < -0.4 is 0 Å². The van der Waals surface area contributed by atoms with Crippen molar-refractivity contribution in [1.29, 1.82) is 0 Å². The number of halogens is 22. The second-order valence-electron chi connectivity index (χ2n) is 7.15. The highest BCUT2D eigenvalue weighted by Gasteiger charge is 3.03. The lowest BCUT2D eigenvalue weighted by atomic mass is 9.66. The number of rotatable bonds is 1. The molecule has 210 valence electrons. The second-order valence-corrected chi connectivity index (χ2v) is 7.15. The molecule has 2 aliphatic carbocycles. The SMILES string of the molecule is FC(F)=C1C(C2(F)C(F)(F)C(F)(F)C(F)(F)C(F)(F)C2(F)F)=C(F)C(F)(F)C(F)(F)C(F)(F)C1(F)F. The molecule has 1 fully saturated rings. The van der Waals surface area contributed by atoms with Crippen LogP contribution in [0.3, 0.4) is 0 Å². The van der Waals surface area contributed by atoms with E-state index in [1.807, 2.05) is 0 Å². The van der Waals surface area contributed by atoms with Crippen LogP contribution in [0, 0.1) is 0 Å². The van der Waals surface area contributed by atoms with E-state index >= 15 is 0 Å². The second kappa shape index (κ2) is 6.87. The summed E-state index contributed by atoms with van der Waals surface area (Å²) >= 11 is 0. The summed E-state index contributed by atoms with van der Waals surface area (Å²) in [5.74, 6) is -80.8. The first kappa shape index (κ1) is 30.2. The molecule has 2 aliphatic rings. The maximum Gasteiger partial charge on any atom is 0.385 e. The van der Waals surface area contributed by atoms with Crippen LogP contribution in [0.2, 0.25) is 0 Å². The van der Waals surface area contributed by atoms with Crippen LogP contribution in [-0.4, -0.2) is 59.0 Å². The lowest BCUT2D eigenvalue weighted by Crippen LogP contribution is -2.84. The molecule has 0 aromatic carbocycles. The quantitative estimate of drug-likeness (QED) is 0.275. The first-order valence-electron chi connectivity index (χ1n) is 7.91. The Balaban J connectivity index is 3.38. The highest BCUT2D eigenvalue weighted by Crippen LogP contribution is 2.74. The third-order valence-electron chi connectivity index (χ3n) is 5.22. The minimum Gasteiger partial charge on any atom is -0.224 e. The van der Waals surface area contributed by atoms with Gasteiger partial charge in [0, 0.05) is 0 Å². The lowest BCUT2D eigenvalue weighted by Gasteiger charge is -2.53. The molecule has 0 aliphatic heterocycles. The van der Waals surface area contributed by atoms with Crippen LogP contribution in [0.4, 0.5) is 96.6 Å². The third kappa shape index (κ3) is 2.58. The molecular weight excluding hydrogens is 586 g/mol. The molecule has 22 heteroatoms. The van der Waals surface area contributed by atoms with Crippen LogP contribution in [0.15, 0.2) is 23.1 Å². The molecule has 0 aromatic rings. The van der Waals surface area contributed by atoms with Crippen molar-refractivity contribution in [3.8, 4) is 0 Å². The highest BCUT2D eigenvalue weighted by atomic mass is 19.4. The van der Waals surface area contributed by atoms with E-state index in [0.29, 0.717) is 0 Å². The topological polar surface area (TPSA) is 0 Å². The Bertz CT molecular complexity index is 989.